The summed E-state index contributed by atoms with van der Waals surface area (Å²) in [6.45, 7) is 8.80. The number of ether oxygens (including phenoxy) is 1. The van der Waals surface area contributed by atoms with E-state index in [1.807, 2.05) is 56.9 Å². The van der Waals surface area contributed by atoms with Crippen LogP contribution in [0.1, 0.15) is 39.3 Å². The average molecular weight is 449 g/mol. The van der Waals surface area contributed by atoms with E-state index in [0.29, 0.717) is 18.9 Å². The van der Waals surface area contributed by atoms with Crippen LogP contribution in [0.4, 0.5) is 10.6 Å². The van der Waals surface area contributed by atoms with Gasteiger partial charge in [-0.1, -0.05) is 12.1 Å². The number of piperazine rings is 1. The Morgan fingerprint density at radius 1 is 1.39 bits per heavy atom. The summed E-state index contributed by atoms with van der Waals surface area (Å²) in [5.74, 6) is 0.650. The Morgan fingerprint density at radius 2 is 2.14 bits per heavy atom. The Bertz CT molecular complexity index is 910. The molecule has 0 unspecified atom stereocenters. The summed E-state index contributed by atoms with van der Waals surface area (Å²) in [6.07, 6.45) is -0.489. The lowest BCUT2D eigenvalue weighted by atomic mass is 10.1. The molecule has 1 aliphatic rings. The average Bonchev–Trinajstić information content (AvgIpc) is 2.59. The van der Waals surface area contributed by atoms with Crippen molar-refractivity contribution < 1.29 is 14.3 Å². The van der Waals surface area contributed by atoms with E-state index in [4.69, 9.17) is 9.72 Å². The van der Waals surface area contributed by atoms with E-state index in [9.17, 15) is 9.59 Å². The summed E-state index contributed by atoms with van der Waals surface area (Å²) >= 11 is 3.55. The molecule has 2 amide bonds. The van der Waals surface area contributed by atoms with Gasteiger partial charge in [0.25, 0.3) is 0 Å². The number of pyridine rings is 1. The van der Waals surface area contributed by atoms with E-state index >= 15 is 0 Å². The van der Waals surface area contributed by atoms with Gasteiger partial charge in [0, 0.05) is 28.5 Å². The second-order valence-corrected chi connectivity index (χ2v) is 8.71. The molecule has 7 nitrogen and oxygen atoms in total. The molecule has 1 aliphatic heterocycles. The van der Waals surface area contributed by atoms with E-state index in [2.05, 4.69) is 26.6 Å². The number of alkyl carbamates (subject to hydrolysis) is 1. The molecule has 1 aromatic heterocycles. The van der Waals surface area contributed by atoms with Crippen LogP contribution in [0.25, 0.3) is 10.9 Å². The van der Waals surface area contributed by atoms with E-state index < -0.39 is 11.7 Å². The third kappa shape index (κ3) is 4.73. The molecule has 2 N–H and O–H groups in total. The third-order valence-corrected chi connectivity index (χ3v) is 4.98. The molecule has 3 rings (SSSR count). The monoisotopic (exact) mass is 448 g/mol. The van der Waals surface area contributed by atoms with Crippen molar-refractivity contribution in [3.05, 3.63) is 34.3 Å². The smallest absolute Gasteiger partial charge is 0.408 e. The number of fused-ring (bicyclic) bond motifs is 1. The van der Waals surface area contributed by atoms with Crippen LogP contribution in [0.3, 0.4) is 0 Å². The Kier molecular flexibility index (Phi) is 5.79. The van der Waals surface area contributed by atoms with Crippen molar-refractivity contribution in [3.8, 4) is 0 Å². The highest BCUT2D eigenvalue weighted by molar-refractivity contribution is 9.10. The SMILES string of the molecule is C[C@H](NC(=O)OC(C)(C)C)c1cc2cccc(Br)c2nc1N1CCNC(=O)C1. The third-order valence-electron chi connectivity index (χ3n) is 4.34. The van der Waals surface area contributed by atoms with Crippen molar-refractivity contribution in [2.24, 2.45) is 0 Å². The molecule has 28 heavy (non-hydrogen) atoms. The van der Waals surface area contributed by atoms with Crippen molar-refractivity contribution in [2.45, 2.75) is 39.3 Å². The van der Waals surface area contributed by atoms with Crippen LogP contribution in [0.5, 0.6) is 0 Å². The molecule has 8 heteroatoms. The number of aromatic nitrogens is 1. The zero-order valence-electron chi connectivity index (χ0n) is 16.5. The van der Waals surface area contributed by atoms with E-state index in [-0.39, 0.29) is 18.5 Å². The lowest BCUT2D eigenvalue weighted by molar-refractivity contribution is -0.120. The summed E-state index contributed by atoms with van der Waals surface area (Å²) in [4.78, 5) is 31.0. The van der Waals surface area contributed by atoms with Gasteiger partial charge in [0.2, 0.25) is 5.91 Å². The zero-order chi connectivity index (χ0) is 20.5. The first-order valence-electron chi connectivity index (χ1n) is 9.24. The summed E-state index contributed by atoms with van der Waals surface area (Å²) in [7, 11) is 0. The fourth-order valence-corrected chi connectivity index (χ4v) is 3.59. The van der Waals surface area contributed by atoms with Crippen LogP contribution in [0.15, 0.2) is 28.7 Å². The minimum atomic E-state index is -0.579. The van der Waals surface area contributed by atoms with Gasteiger partial charge in [-0.3, -0.25) is 4.79 Å². The van der Waals surface area contributed by atoms with E-state index in [1.165, 1.54) is 0 Å². The highest BCUT2D eigenvalue weighted by Crippen LogP contribution is 2.32. The number of benzene rings is 1. The van der Waals surface area contributed by atoms with Crippen LogP contribution in [-0.2, 0) is 9.53 Å². The molecule has 0 saturated carbocycles. The number of carbonyl (C=O) groups is 2. The Hall–Kier alpha value is -2.35. The molecule has 1 fully saturated rings. The van der Waals surface area contributed by atoms with Gasteiger partial charge < -0.3 is 20.3 Å². The Labute approximate surface area is 173 Å². The fraction of sp³-hybridized carbons (Fsp3) is 0.450. The second-order valence-electron chi connectivity index (χ2n) is 7.85. The number of anilines is 1. The van der Waals surface area contributed by atoms with Crippen LogP contribution in [-0.4, -0.2) is 42.2 Å². The number of rotatable bonds is 3. The number of hydrogen-bond donors (Lipinski definition) is 2. The molecular formula is C20H25BrN4O3. The van der Waals surface area contributed by atoms with Gasteiger partial charge in [0.05, 0.1) is 18.1 Å². The highest BCUT2D eigenvalue weighted by atomic mass is 79.9. The summed E-state index contributed by atoms with van der Waals surface area (Å²) in [5, 5.41) is 6.66. The highest BCUT2D eigenvalue weighted by Gasteiger charge is 2.25. The Morgan fingerprint density at radius 3 is 2.82 bits per heavy atom. The van der Waals surface area contributed by atoms with Crippen molar-refractivity contribution >= 4 is 44.7 Å². The predicted octanol–water partition coefficient (Wildman–Crippen LogP) is 3.52. The molecule has 1 aromatic carbocycles. The molecule has 150 valence electrons. The molecule has 0 radical (unpaired) electrons. The first-order valence-corrected chi connectivity index (χ1v) is 10.0. The lowest BCUT2D eigenvalue weighted by Gasteiger charge is -2.31. The normalized spacial score (nSPS) is 15.9. The molecule has 0 aliphatic carbocycles. The van der Waals surface area contributed by atoms with Crippen LogP contribution >= 0.6 is 15.9 Å². The number of carbonyl (C=O) groups excluding carboxylic acids is 2. The van der Waals surface area contributed by atoms with Crippen LogP contribution in [0, 0.1) is 0 Å². The molecule has 0 bridgehead atoms. The first kappa shape index (κ1) is 20.4. The topological polar surface area (TPSA) is 83.6 Å². The van der Waals surface area contributed by atoms with Crippen LogP contribution < -0.4 is 15.5 Å². The zero-order valence-corrected chi connectivity index (χ0v) is 18.1. The summed E-state index contributed by atoms with van der Waals surface area (Å²) < 4.78 is 6.26. The van der Waals surface area contributed by atoms with Gasteiger partial charge in [-0.05, 0) is 55.8 Å². The van der Waals surface area contributed by atoms with Crippen molar-refractivity contribution in [3.63, 3.8) is 0 Å². The first-order chi connectivity index (χ1) is 13.1. The van der Waals surface area contributed by atoms with Gasteiger partial charge in [-0.2, -0.15) is 0 Å². The molecule has 2 aromatic rings. The quantitative estimate of drug-likeness (QED) is 0.750. The number of nitrogens with one attached hydrogen (secondary N) is 2. The maximum Gasteiger partial charge on any atom is 0.408 e. The van der Waals surface area contributed by atoms with Gasteiger partial charge >= 0.3 is 6.09 Å². The minimum Gasteiger partial charge on any atom is -0.444 e. The van der Waals surface area contributed by atoms with E-state index in [0.717, 1.165) is 20.9 Å². The Balaban J connectivity index is 2.00. The molecular weight excluding hydrogens is 424 g/mol. The number of halogens is 1. The van der Waals surface area contributed by atoms with Crippen LogP contribution in [0.2, 0.25) is 0 Å². The standard InChI is InChI=1S/C20H25BrN4O3/c1-12(23-19(27)28-20(2,3)4)14-10-13-6-5-7-15(21)17(13)24-18(14)25-9-8-22-16(26)11-25/h5-7,10,12H,8-9,11H2,1-4H3,(H,22,26)(H,23,27)/t12-/m0/s1. The van der Waals surface area contributed by atoms with Gasteiger partial charge in [0.1, 0.15) is 11.4 Å². The minimum absolute atomic E-state index is 0.0426. The maximum atomic E-state index is 12.3. The van der Waals surface area contributed by atoms with E-state index in [1.54, 1.807) is 0 Å². The number of hydrogen-bond acceptors (Lipinski definition) is 5. The largest absolute Gasteiger partial charge is 0.444 e. The summed E-state index contributed by atoms with van der Waals surface area (Å²) in [5.41, 5.74) is 1.08. The fourth-order valence-electron chi connectivity index (χ4n) is 3.12. The van der Waals surface area contributed by atoms with Crippen molar-refractivity contribution in [2.75, 3.05) is 24.5 Å². The van der Waals surface area contributed by atoms with Gasteiger partial charge in [-0.25, -0.2) is 9.78 Å². The molecule has 1 saturated heterocycles. The van der Waals surface area contributed by atoms with Gasteiger partial charge in [0.15, 0.2) is 0 Å². The van der Waals surface area contributed by atoms with Crippen molar-refractivity contribution in [1.82, 2.24) is 15.6 Å². The summed E-state index contributed by atoms with van der Waals surface area (Å²) in [6, 6.07) is 7.52. The van der Waals surface area contributed by atoms with Gasteiger partial charge in [-0.15, -0.1) is 0 Å². The van der Waals surface area contributed by atoms with Crippen molar-refractivity contribution in [1.29, 1.82) is 0 Å². The molecule has 2 heterocycles. The lowest BCUT2D eigenvalue weighted by Crippen LogP contribution is -2.48. The second kappa shape index (κ2) is 7.95. The maximum absolute atomic E-state index is 12.3. The number of nitrogens with zero attached hydrogens (tertiary/aromatic N) is 2. The number of amides is 2. The predicted molar refractivity (Wildman–Crippen MR) is 112 cm³/mol. The molecule has 0 spiro atoms. The number of para-hydroxylation sites is 1. The molecule has 1 atom stereocenters.